The lowest BCUT2D eigenvalue weighted by Crippen LogP contribution is -2.39. The Hall–Kier alpha value is -0.0151. The summed E-state index contributed by atoms with van der Waals surface area (Å²) in [4.78, 5) is 1.80. The molecule has 0 aliphatic heterocycles. The van der Waals surface area contributed by atoms with Crippen molar-refractivity contribution in [1.82, 2.24) is 4.92 Å². The van der Waals surface area contributed by atoms with Crippen molar-refractivity contribution in [1.29, 1.82) is 0 Å². The minimum absolute atomic E-state index is 0.197. The molecule has 0 rings (SSSR count). The molecule has 0 aliphatic carbocycles. The first-order chi connectivity index (χ1) is 4.95. The molecule has 2 N–H and O–H groups in total. The Morgan fingerprint density at radius 1 is 1.36 bits per heavy atom. The van der Waals surface area contributed by atoms with Gasteiger partial charge in [-0.2, -0.15) is 0 Å². The van der Waals surface area contributed by atoms with Crippen LogP contribution in [-0.4, -0.2) is 18.9 Å². The van der Waals surface area contributed by atoms with E-state index < -0.39 is 0 Å². The van der Waals surface area contributed by atoms with Gasteiger partial charge in [0.2, 0.25) is 7.41 Å². The fourth-order valence-electron chi connectivity index (χ4n) is 0.903. The molecule has 11 heavy (non-hydrogen) atoms. The number of nitrogens with two attached hydrogens (primary N) is 1. The number of hydrogen-bond acceptors (Lipinski definition) is 2. The van der Waals surface area contributed by atoms with E-state index >= 15 is 0 Å². The molecule has 0 atom stereocenters. The molecule has 2 nitrogen and oxygen atoms in total. The summed E-state index contributed by atoms with van der Waals surface area (Å²) in [5.74, 6) is 5.72. The van der Waals surface area contributed by atoms with Crippen molar-refractivity contribution in [3.05, 3.63) is 0 Å². The first-order valence-corrected chi connectivity index (χ1v) is 4.33. The number of unbranched alkanes of at least 4 members (excludes halogenated alkanes) is 1. The first-order valence-electron chi connectivity index (χ1n) is 4.33. The van der Waals surface area contributed by atoms with Crippen molar-refractivity contribution in [3.63, 3.8) is 0 Å². The second-order valence-corrected chi connectivity index (χ2v) is 4.09. The van der Waals surface area contributed by atoms with Gasteiger partial charge in [0.25, 0.3) is 0 Å². The molecule has 0 heterocycles. The van der Waals surface area contributed by atoms with E-state index in [1.165, 1.54) is 12.8 Å². The Kier molecular flexibility index (Phi) is 4.77. The summed E-state index contributed by atoms with van der Waals surface area (Å²) in [5.41, 5.74) is 0. The van der Waals surface area contributed by atoms with Gasteiger partial charge in [-0.3, -0.25) is 10.8 Å². The summed E-state index contributed by atoms with van der Waals surface area (Å²) in [6, 6.07) is 0. The maximum absolute atomic E-state index is 5.72. The molecule has 0 fully saturated rings. The lowest BCUT2D eigenvalue weighted by molar-refractivity contribution is 0.434. The fourth-order valence-corrected chi connectivity index (χ4v) is 0.903. The van der Waals surface area contributed by atoms with Crippen LogP contribution in [0.25, 0.3) is 0 Å². The van der Waals surface area contributed by atoms with Gasteiger partial charge < -0.3 is 0 Å². The lowest BCUT2D eigenvalue weighted by Gasteiger charge is -2.23. The molecule has 1 radical (unpaired) electrons. The molecule has 0 aromatic rings. The summed E-state index contributed by atoms with van der Waals surface area (Å²) in [7, 11) is 2.07. The van der Waals surface area contributed by atoms with Crippen molar-refractivity contribution in [3.8, 4) is 0 Å². The van der Waals surface area contributed by atoms with Crippen molar-refractivity contribution in [2.75, 3.05) is 6.54 Å². The summed E-state index contributed by atoms with van der Waals surface area (Å²) >= 11 is 0. The minimum Gasteiger partial charge on any atom is -0.292 e. The number of nitrogens with zero attached hydrogens (tertiary/aromatic N) is 1. The average molecular weight is 155 g/mol. The average Bonchev–Trinajstić information content (AvgIpc) is 1.79. The van der Waals surface area contributed by atoms with Crippen LogP contribution in [0.2, 0.25) is 5.31 Å². The molecule has 0 aromatic heterocycles. The predicted molar refractivity (Wildman–Crippen MR) is 51.3 cm³/mol. The summed E-state index contributed by atoms with van der Waals surface area (Å²) in [5, 5.41) is 0.197. The summed E-state index contributed by atoms with van der Waals surface area (Å²) in [6.07, 6.45) is 2.37. The van der Waals surface area contributed by atoms with Crippen LogP contribution in [0.4, 0.5) is 0 Å². The van der Waals surface area contributed by atoms with Crippen LogP contribution in [0.5, 0.6) is 0 Å². The Morgan fingerprint density at radius 3 is 2.27 bits per heavy atom. The number of rotatable bonds is 4. The highest BCUT2D eigenvalue weighted by atomic mass is 15.3. The molecule has 0 saturated heterocycles. The van der Waals surface area contributed by atoms with Crippen molar-refractivity contribution >= 4 is 7.41 Å². The van der Waals surface area contributed by atoms with Crippen LogP contribution < -0.4 is 5.84 Å². The SMILES string of the molecule is CCCCN(N)[B]C(C)(C)C. The third kappa shape index (κ3) is 7.89. The Balaban J connectivity index is 3.44. The molecule has 0 saturated carbocycles. The molecule has 0 bridgehead atoms. The maximum atomic E-state index is 5.72. The van der Waals surface area contributed by atoms with Crippen molar-refractivity contribution in [2.45, 2.75) is 45.9 Å². The molecular formula is C8H20BN2. The topological polar surface area (TPSA) is 29.3 Å². The molecule has 65 valence electrons. The van der Waals surface area contributed by atoms with Crippen LogP contribution in [-0.2, 0) is 0 Å². The van der Waals surface area contributed by atoms with Crippen molar-refractivity contribution in [2.24, 2.45) is 5.84 Å². The van der Waals surface area contributed by atoms with Gasteiger partial charge in [-0.05, 0) is 18.3 Å². The van der Waals surface area contributed by atoms with Gasteiger partial charge in [-0.15, -0.1) is 0 Å². The molecule has 0 spiro atoms. The Bertz CT molecular complexity index is 98.8. The van der Waals surface area contributed by atoms with E-state index in [1.54, 1.807) is 4.92 Å². The van der Waals surface area contributed by atoms with Gasteiger partial charge in [0.05, 0.1) is 0 Å². The zero-order valence-corrected chi connectivity index (χ0v) is 8.22. The Labute approximate surface area is 71.4 Å². The molecule has 0 unspecified atom stereocenters. The predicted octanol–water partition coefficient (Wildman–Crippen LogP) is 1.80. The highest BCUT2D eigenvalue weighted by molar-refractivity contribution is 6.35. The second kappa shape index (κ2) is 4.78. The zero-order valence-electron chi connectivity index (χ0n) is 8.22. The molecular weight excluding hydrogens is 135 g/mol. The normalized spacial score (nSPS) is 12.2. The molecule has 0 amide bonds. The van der Waals surface area contributed by atoms with E-state index in [0.29, 0.717) is 0 Å². The monoisotopic (exact) mass is 155 g/mol. The van der Waals surface area contributed by atoms with Crippen LogP contribution in [0.1, 0.15) is 40.5 Å². The second-order valence-electron chi connectivity index (χ2n) is 4.09. The lowest BCUT2D eigenvalue weighted by atomic mass is 9.64. The molecule has 0 aliphatic rings. The van der Waals surface area contributed by atoms with Gasteiger partial charge in [-0.25, -0.2) is 0 Å². The van der Waals surface area contributed by atoms with Gasteiger partial charge in [-0.1, -0.05) is 34.1 Å². The largest absolute Gasteiger partial charge is 0.292 e. The van der Waals surface area contributed by atoms with E-state index in [0.717, 1.165) is 6.54 Å². The van der Waals surface area contributed by atoms with E-state index in [2.05, 4.69) is 35.1 Å². The van der Waals surface area contributed by atoms with Crippen LogP contribution in [0.3, 0.4) is 0 Å². The highest BCUT2D eigenvalue weighted by Crippen LogP contribution is 2.20. The standard InChI is InChI=1S/C8H20BN2/c1-5-6-7-11(10)9-8(2,3)4/h5-7,10H2,1-4H3. The number of hydrazine groups is 1. The third-order valence-corrected chi connectivity index (χ3v) is 1.32. The smallest absolute Gasteiger partial charge is 0.235 e. The highest BCUT2D eigenvalue weighted by Gasteiger charge is 2.15. The third-order valence-electron chi connectivity index (χ3n) is 1.32. The molecule has 3 heteroatoms. The van der Waals surface area contributed by atoms with E-state index in [4.69, 9.17) is 5.84 Å². The number of hydrogen-bond donors (Lipinski definition) is 1. The summed E-state index contributed by atoms with van der Waals surface area (Å²) in [6.45, 7) is 9.59. The van der Waals surface area contributed by atoms with E-state index in [9.17, 15) is 0 Å². The fraction of sp³-hybridized carbons (Fsp3) is 1.00. The van der Waals surface area contributed by atoms with Gasteiger partial charge in [0, 0.05) is 0 Å². The molecule has 0 aromatic carbocycles. The van der Waals surface area contributed by atoms with E-state index in [1.807, 2.05) is 0 Å². The van der Waals surface area contributed by atoms with E-state index in [-0.39, 0.29) is 5.31 Å². The van der Waals surface area contributed by atoms with Crippen LogP contribution in [0, 0.1) is 0 Å². The van der Waals surface area contributed by atoms with Crippen LogP contribution in [0.15, 0.2) is 0 Å². The minimum atomic E-state index is 0.197. The quantitative estimate of drug-likeness (QED) is 0.381. The zero-order chi connectivity index (χ0) is 8.91. The van der Waals surface area contributed by atoms with Gasteiger partial charge >= 0.3 is 0 Å². The van der Waals surface area contributed by atoms with Gasteiger partial charge in [0.1, 0.15) is 0 Å². The van der Waals surface area contributed by atoms with Crippen molar-refractivity contribution < 1.29 is 0 Å². The first kappa shape index (κ1) is 11.0. The summed E-state index contributed by atoms with van der Waals surface area (Å²) < 4.78 is 0. The van der Waals surface area contributed by atoms with Gasteiger partial charge in [0.15, 0.2) is 0 Å². The maximum Gasteiger partial charge on any atom is 0.235 e. The Morgan fingerprint density at radius 2 is 1.91 bits per heavy atom. The van der Waals surface area contributed by atoms with Crippen LogP contribution >= 0.6 is 0 Å².